The molecule has 0 bridgehead atoms. The van der Waals surface area contributed by atoms with E-state index < -0.39 is 5.97 Å². The van der Waals surface area contributed by atoms with Crippen LogP contribution in [0.5, 0.6) is 17.2 Å². The van der Waals surface area contributed by atoms with Crippen LogP contribution in [0.3, 0.4) is 0 Å². The standard InChI is InChI=1S/C22H18O6/c1-11(2)19-18(23)14-8-9-15(12(3)20(14)28-19)27-22(24)17-10-13-6-5-7-16(25-4)21(13)26-17/h5-10H,1-4H3. The molecule has 0 saturated carbocycles. The Balaban J connectivity index is 1.66. The van der Waals surface area contributed by atoms with E-state index in [0.29, 0.717) is 39.7 Å². The van der Waals surface area contributed by atoms with Crippen LogP contribution >= 0.6 is 0 Å². The molecule has 2 heterocycles. The summed E-state index contributed by atoms with van der Waals surface area (Å²) in [6.45, 7) is 5.36. The molecule has 0 unspecified atom stereocenters. The number of hydrogen-bond donors (Lipinski definition) is 0. The maximum absolute atomic E-state index is 12.6. The van der Waals surface area contributed by atoms with E-state index >= 15 is 0 Å². The van der Waals surface area contributed by atoms with E-state index in [2.05, 4.69) is 0 Å². The smallest absolute Gasteiger partial charge is 0.379 e. The van der Waals surface area contributed by atoms with Crippen LogP contribution in [0.1, 0.15) is 40.3 Å². The maximum atomic E-state index is 12.6. The molecule has 1 aromatic heterocycles. The molecule has 0 fully saturated rings. The highest BCUT2D eigenvalue weighted by Gasteiger charge is 2.31. The number of rotatable bonds is 3. The van der Waals surface area contributed by atoms with E-state index in [4.69, 9.17) is 18.6 Å². The third-order valence-electron chi connectivity index (χ3n) is 4.60. The van der Waals surface area contributed by atoms with Gasteiger partial charge in [-0.25, -0.2) is 4.79 Å². The number of benzene rings is 2. The van der Waals surface area contributed by atoms with Gasteiger partial charge in [0.05, 0.1) is 12.7 Å². The highest BCUT2D eigenvalue weighted by atomic mass is 16.6. The van der Waals surface area contributed by atoms with Crippen molar-refractivity contribution >= 4 is 22.7 Å². The number of methoxy groups -OCH3 is 1. The number of carbonyl (C=O) groups is 2. The maximum Gasteiger partial charge on any atom is 0.379 e. The number of esters is 1. The minimum atomic E-state index is -0.645. The molecule has 6 nitrogen and oxygen atoms in total. The Morgan fingerprint density at radius 2 is 1.86 bits per heavy atom. The zero-order valence-electron chi connectivity index (χ0n) is 15.9. The van der Waals surface area contributed by atoms with Crippen molar-refractivity contribution in [3.8, 4) is 17.2 Å². The number of para-hydroxylation sites is 1. The molecule has 0 radical (unpaired) electrons. The average Bonchev–Trinajstić information content (AvgIpc) is 3.25. The molecule has 28 heavy (non-hydrogen) atoms. The zero-order chi connectivity index (χ0) is 20.0. The fourth-order valence-corrected chi connectivity index (χ4v) is 3.14. The van der Waals surface area contributed by atoms with Crippen LogP contribution in [0.15, 0.2) is 52.1 Å². The minimum Gasteiger partial charge on any atom is -0.493 e. The lowest BCUT2D eigenvalue weighted by Gasteiger charge is -2.09. The molecule has 0 spiro atoms. The molecule has 2 aromatic carbocycles. The van der Waals surface area contributed by atoms with E-state index in [1.54, 1.807) is 31.2 Å². The first-order valence-electron chi connectivity index (χ1n) is 8.73. The first-order valence-corrected chi connectivity index (χ1v) is 8.73. The molecular weight excluding hydrogens is 360 g/mol. The molecule has 0 aliphatic carbocycles. The molecule has 0 N–H and O–H groups in total. The van der Waals surface area contributed by atoms with Gasteiger partial charge in [-0.2, -0.15) is 0 Å². The number of furan rings is 1. The highest BCUT2D eigenvalue weighted by molar-refractivity contribution is 6.13. The Hall–Kier alpha value is -3.54. The molecule has 0 atom stereocenters. The number of allylic oxidation sites excluding steroid dienone is 2. The van der Waals surface area contributed by atoms with Crippen molar-refractivity contribution in [2.24, 2.45) is 0 Å². The number of ketones is 1. The zero-order valence-corrected chi connectivity index (χ0v) is 15.9. The summed E-state index contributed by atoms with van der Waals surface area (Å²) in [5.74, 6) is 0.809. The fourth-order valence-electron chi connectivity index (χ4n) is 3.14. The van der Waals surface area contributed by atoms with Gasteiger partial charge >= 0.3 is 5.97 Å². The molecule has 1 aliphatic rings. The molecule has 0 amide bonds. The Kier molecular flexibility index (Phi) is 4.19. The Labute approximate surface area is 161 Å². The Morgan fingerprint density at radius 3 is 2.57 bits per heavy atom. The summed E-state index contributed by atoms with van der Waals surface area (Å²) in [5.41, 5.74) is 2.30. The quantitative estimate of drug-likeness (QED) is 0.369. The monoisotopic (exact) mass is 378 g/mol. The second kappa shape index (κ2) is 6.56. The van der Waals surface area contributed by atoms with Gasteiger partial charge in [-0.05, 0) is 50.6 Å². The highest BCUT2D eigenvalue weighted by Crippen LogP contribution is 2.40. The van der Waals surface area contributed by atoms with Gasteiger partial charge in [0.15, 0.2) is 17.1 Å². The van der Waals surface area contributed by atoms with Crippen LogP contribution < -0.4 is 14.2 Å². The van der Waals surface area contributed by atoms with Crippen molar-refractivity contribution in [1.29, 1.82) is 0 Å². The Morgan fingerprint density at radius 1 is 1.07 bits per heavy atom. The number of fused-ring (bicyclic) bond motifs is 2. The summed E-state index contributed by atoms with van der Waals surface area (Å²) < 4.78 is 22.1. The lowest BCUT2D eigenvalue weighted by molar-refractivity contribution is 0.0702. The predicted molar refractivity (Wildman–Crippen MR) is 102 cm³/mol. The molecule has 6 heteroatoms. The van der Waals surface area contributed by atoms with Crippen LogP contribution in [0.2, 0.25) is 0 Å². The summed E-state index contributed by atoms with van der Waals surface area (Å²) >= 11 is 0. The van der Waals surface area contributed by atoms with Gasteiger partial charge in [0, 0.05) is 10.9 Å². The summed E-state index contributed by atoms with van der Waals surface area (Å²) in [7, 11) is 1.53. The van der Waals surface area contributed by atoms with Crippen molar-refractivity contribution < 1.29 is 28.2 Å². The summed E-state index contributed by atoms with van der Waals surface area (Å²) in [6, 6.07) is 10.2. The van der Waals surface area contributed by atoms with E-state index in [0.717, 1.165) is 11.0 Å². The number of hydrogen-bond acceptors (Lipinski definition) is 6. The van der Waals surface area contributed by atoms with E-state index in [-0.39, 0.29) is 11.5 Å². The molecular formula is C22H18O6. The van der Waals surface area contributed by atoms with Gasteiger partial charge in [0.2, 0.25) is 11.5 Å². The van der Waals surface area contributed by atoms with Crippen molar-refractivity contribution in [3.05, 3.63) is 64.6 Å². The van der Waals surface area contributed by atoms with Gasteiger partial charge in [-0.3, -0.25) is 4.79 Å². The number of ether oxygens (including phenoxy) is 3. The molecule has 0 saturated heterocycles. The van der Waals surface area contributed by atoms with Crippen LogP contribution in [-0.4, -0.2) is 18.9 Å². The third kappa shape index (κ3) is 2.74. The normalized spacial score (nSPS) is 12.7. The lowest BCUT2D eigenvalue weighted by Crippen LogP contribution is -2.08. The van der Waals surface area contributed by atoms with Crippen molar-refractivity contribution in [2.45, 2.75) is 20.8 Å². The fraction of sp³-hybridized carbons (Fsp3) is 0.182. The summed E-state index contributed by atoms with van der Waals surface area (Å²) in [4.78, 5) is 25.0. The van der Waals surface area contributed by atoms with Crippen LogP contribution in [0.25, 0.3) is 11.0 Å². The topological polar surface area (TPSA) is 75.0 Å². The third-order valence-corrected chi connectivity index (χ3v) is 4.60. The second-order valence-electron chi connectivity index (χ2n) is 6.70. The average molecular weight is 378 g/mol. The van der Waals surface area contributed by atoms with Gasteiger partial charge in [-0.15, -0.1) is 0 Å². The minimum absolute atomic E-state index is 0.0568. The first-order chi connectivity index (χ1) is 13.4. The predicted octanol–water partition coefficient (Wildman–Crippen LogP) is 4.84. The molecule has 3 aromatic rings. The largest absolute Gasteiger partial charge is 0.493 e. The molecule has 4 rings (SSSR count). The van der Waals surface area contributed by atoms with Crippen LogP contribution in [-0.2, 0) is 0 Å². The molecule has 1 aliphatic heterocycles. The van der Waals surface area contributed by atoms with E-state index in [1.807, 2.05) is 26.0 Å². The van der Waals surface area contributed by atoms with Crippen LogP contribution in [0, 0.1) is 6.92 Å². The van der Waals surface area contributed by atoms with E-state index in [1.165, 1.54) is 7.11 Å². The SMILES string of the molecule is COc1cccc2cc(C(=O)Oc3ccc4c(c3C)OC(=C(C)C)C4=O)oc12. The van der Waals surface area contributed by atoms with Crippen LogP contribution in [0.4, 0.5) is 0 Å². The lowest BCUT2D eigenvalue weighted by atomic mass is 10.1. The second-order valence-corrected chi connectivity index (χ2v) is 6.70. The first kappa shape index (κ1) is 17.9. The van der Waals surface area contributed by atoms with Crippen molar-refractivity contribution in [1.82, 2.24) is 0 Å². The van der Waals surface area contributed by atoms with Gasteiger partial charge < -0.3 is 18.6 Å². The van der Waals surface area contributed by atoms with Crippen molar-refractivity contribution in [2.75, 3.05) is 7.11 Å². The summed E-state index contributed by atoms with van der Waals surface area (Å²) in [6.07, 6.45) is 0. The van der Waals surface area contributed by atoms with Crippen molar-refractivity contribution in [3.63, 3.8) is 0 Å². The van der Waals surface area contributed by atoms with Gasteiger partial charge in [-0.1, -0.05) is 12.1 Å². The van der Waals surface area contributed by atoms with Gasteiger partial charge in [0.1, 0.15) is 11.5 Å². The van der Waals surface area contributed by atoms with E-state index in [9.17, 15) is 9.59 Å². The number of Topliss-reactive ketones (excluding diaryl/α,β-unsaturated/α-hetero) is 1. The summed E-state index contributed by atoms with van der Waals surface area (Å²) in [5, 5.41) is 0.735. The Bertz CT molecular complexity index is 1160. The number of carbonyl (C=O) groups excluding carboxylic acids is 2. The van der Waals surface area contributed by atoms with Gasteiger partial charge in [0.25, 0.3) is 0 Å². The molecule has 142 valence electrons.